The van der Waals surface area contributed by atoms with Crippen molar-refractivity contribution < 1.29 is 47.2 Å². The summed E-state index contributed by atoms with van der Waals surface area (Å²) in [6, 6.07) is 0. The number of ether oxygens (including phenoxy) is 6. The van der Waals surface area contributed by atoms with Gasteiger partial charge in [0, 0.05) is 45.4 Å². The largest absolute Gasteiger partial charge is 0.459 e. The van der Waals surface area contributed by atoms with Gasteiger partial charge in [-0.3, -0.25) is 4.79 Å². The van der Waals surface area contributed by atoms with Gasteiger partial charge in [-0.25, -0.2) is 14.6 Å². The summed E-state index contributed by atoms with van der Waals surface area (Å²) in [6.07, 6.45) is 17.2. The maximum absolute atomic E-state index is 13.3. The number of amides is 1. The molecule has 0 aromatic carbocycles. The van der Waals surface area contributed by atoms with Crippen LogP contribution in [-0.4, -0.2) is 86.5 Å². The topological polar surface area (TPSA) is 145 Å². The first-order valence-electron chi connectivity index (χ1n) is 18.1. The van der Waals surface area contributed by atoms with E-state index in [4.69, 9.17) is 28.1 Å². The summed E-state index contributed by atoms with van der Waals surface area (Å²) in [6.45, 7) is 6.83. The van der Waals surface area contributed by atoms with Crippen molar-refractivity contribution in [1.29, 1.82) is 0 Å². The van der Waals surface area contributed by atoms with E-state index in [-0.39, 0.29) is 49.5 Å². The molecule has 1 amide bonds. The number of carbonyl (C=O) groups is 3. The third-order valence-electron chi connectivity index (χ3n) is 9.35. The third kappa shape index (κ3) is 13.7. The lowest BCUT2D eigenvalue weighted by Crippen LogP contribution is -2.43. The quantitative estimate of drug-likeness (QED) is 0.114. The van der Waals surface area contributed by atoms with Crippen molar-refractivity contribution in [1.82, 2.24) is 10.3 Å². The molecule has 278 valence electrons. The van der Waals surface area contributed by atoms with Crippen LogP contribution in [0, 0.1) is 11.8 Å². The van der Waals surface area contributed by atoms with E-state index in [1.54, 1.807) is 31.6 Å². The molecule has 8 atom stereocenters. The third-order valence-corrected chi connectivity index (χ3v) is 9.35. The first kappa shape index (κ1) is 39.3. The van der Waals surface area contributed by atoms with Crippen LogP contribution in [0.25, 0.3) is 6.08 Å². The van der Waals surface area contributed by atoms with Gasteiger partial charge in [-0.15, -0.1) is 0 Å². The second-order valence-electron chi connectivity index (χ2n) is 14.0. The van der Waals surface area contributed by atoms with Gasteiger partial charge in [0.15, 0.2) is 0 Å². The smallest absolute Gasteiger partial charge is 0.407 e. The van der Waals surface area contributed by atoms with Crippen LogP contribution >= 0.6 is 0 Å². The summed E-state index contributed by atoms with van der Waals surface area (Å²) >= 11 is 0. The number of hydrogen-bond acceptors (Lipinski definition) is 11. The highest BCUT2D eigenvalue weighted by molar-refractivity contribution is 5.82. The number of alkyl carbamates (subject to hydrolysis) is 1. The van der Waals surface area contributed by atoms with Crippen molar-refractivity contribution in [3.8, 4) is 0 Å². The fourth-order valence-electron chi connectivity index (χ4n) is 6.66. The Morgan fingerprint density at radius 1 is 1.00 bits per heavy atom. The number of methoxy groups -OCH3 is 2. The van der Waals surface area contributed by atoms with Crippen molar-refractivity contribution in [2.24, 2.45) is 11.8 Å². The van der Waals surface area contributed by atoms with E-state index in [2.05, 4.69) is 41.9 Å². The van der Waals surface area contributed by atoms with E-state index in [1.165, 1.54) is 13.2 Å². The second-order valence-corrected chi connectivity index (χ2v) is 14.0. The minimum absolute atomic E-state index is 0.0180. The highest BCUT2D eigenvalue weighted by atomic mass is 16.6. The molecule has 3 saturated heterocycles. The number of cyclic esters (lactones) is 1. The lowest BCUT2D eigenvalue weighted by molar-refractivity contribution is -0.171. The number of hydrogen-bond donors (Lipinski definition) is 1. The zero-order valence-electron chi connectivity index (χ0n) is 30.3. The standard InChI is InChI=1S/C38H56N2O10/c1-25(2)10-8-12-28-18-29-16-15-26(3)34(48-29)22-30(44-4)19-31-20-32(21-33(47-31)23-37(42)49-28)50-36(41)14-7-6-11-27-24-46-35(40-27)13-9-17-39-38(43)45-5/h7-9,12-14,24-26,28-34H,6,10-11,15-23H2,1-5H3,(H,39,43)/t26?,28-,29+,30+,31?,32-,33+,34?/m1/s1. The summed E-state index contributed by atoms with van der Waals surface area (Å²) in [7, 11) is 3.02. The Labute approximate surface area is 296 Å². The van der Waals surface area contributed by atoms with Gasteiger partial charge in [0.2, 0.25) is 5.89 Å². The number of esters is 2. The van der Waals surface area contributed by atoms with Gasteiger partial charge in [-0.2, -0.15) is 0 Å². The molecule has 1 aromatic rings. The monoisotopic (exact) mass is 700 g/mol. The number of oxazole rings is 1. The number of aryl methyl sites for hydroxylation is 1. The molecule has 4 bridgehead atoms. The van der Waals surface area contributed by atoms with Gasteiger partial charge < -0.3 is 38.2 Å². The Hall–Kier alpha value is -3.48. The number of nitrogens with one attached hydrogen (secondary N) is 1. The van der Waals surface area contributed by atoms with Crippen LogP contribution in [0.5, 0.6) is 0 Å². The highest BCUT2D eigenvalue weighted by Gasteiger charge is 2.38. The highest BCUT2D eigenvalue weighted by Crippen LogP contribution is 2.34. The molecule has 3 unspecified atom stereocenters. The Morgan fingerprint density at radius 3 is 2.58 bits per heavy atom. The number of aromatic nitrogens is 1. The fourth-order valence-corrected chi connectivity index (χ4v) is 6.66. The van der Waals surface area contributed by atoms with Gasteiger partial charge in [0.05, 0.1) is 49.7 Å². The second kappa shape index (κ2) is 20.4. The molecular weight excluding hydrogens is 644 g/mol. The van der Waals surface area contributed by atoms with Crippen molar-refractivity contribution in [2.75, 3.05) is 20.8 Å². The van der Waals surface area contributed by atoms with E-state index in [1.807, 2.05) is 6.08 Å². The van der Waals surface area contributed by atoms with Crippen LogP contribution in [-0.2, 0) is 44.4 Å². The van der Waals surface area contributed by atoms with E-state index in [0.717, 1.165) is 31.4 Å². The fraction of sp³-hybridized carbons (Fsp3) is 0.684. The van der Waals surface area contributed by atoms with Crippen molar-refractivity contribution in [2.45, 2.75) is 134 Å². The maximum atomic E-state index is 13.3. The molecule has 4 rings (SSSR count). The van der Waals surface area contributed by atoms with E-state index in [9.17, 15) is 14.4 Å². The zero-order chi connectivity index (χ0) is 35.9. The number of rotatable bonds is 12. The average molecular weight is 701 g/mol. The van der Waals surface area contributed by atoms with Crippen molar-refractivity contribution in [3.63, 3.8) is 0 Å². The predicted molar refractivity (Wildman–Crippen MR) is 186 cm³/mol. The van der Waals surface area contributed by atoms with Crippen LogP contribution in [0.15, 0.2) is 41.1 Å². The number of fused-ring (bicyclic) bond motifs is 4. The van der Waals surface area contributed by atoms with Crippen LogP contribution < -0.4 is 5.32 Å². The lowest BCUT2D eigenvalue weighted by atomic mass is 9.86. The minimum atomic E-state index is -0.517. The maximum Gasteiger partial charge on any atom is 0.407 e. The first-order chi connectivity index (χ1) is 24.1. The summed E-state index contributed by atoms with van der Waals surface area (Å²) < 4.78 is 40.8. The molecule has 12 heteroatoms. The van der Waals surface area contributed by atoms with Gasteiger partial charge in [-0.05, 0) is 62.5 Å². The van der Waals surface area contributed by atoms with E-state index >= 15 is 0 Å². The molecular formula is C38H56N2O10. The van der Waals surface area contributed by atoms with E-state index < -0.39 is 24.3 Å². The summed E-state index contributed by atoms with van der Waals surface area (Å²) in [4.78, 5) is 41.7. The van der Waals surface area contributed by atoms with Gasteiger partial charge in [0.25, 0.3) is 0 Å². The zero-order valence-corrected chi connectivity index (χ0v) is 30.3. The molecule has 0 radical (unpaired) electrons. The molecule has 0 spiro atoms. The number of allylic oxidation sites excluding steroid dienone is 2. The molecule has 0 saturated carbocycles. The molecule has 1 aromatic heterocycles. The minimum Gasteiger partial charge on any atom is -0.459 e. The normalized spacial score (nSPS) is 29.6. The predicted octanol–water partition coefficient (Wildman–Crippen LogP) is 6.28. The molecule has 0 aliphatic carbocycles. The Bertz CT molecular complexity index is 1310. The molecule has 1 N–H and O–H groups in total. The SMILES string of the molecule is COC(=O)NCC=Cc1nc(CCC=CC(=O)O[C@@H]2CC3C[C@H](OC)CC4O[C@@H](CCC4C)C[C@@H](C=CCC(C)C)OC(=O)C[C@H](C2)O3)co1. The van der Waals surface area contributed by atoms with Gasteiger partial charge >= 0.3 is 18.0 Å². The molecule has 50 heavy (non-hydrogen) atoms. The summed E-state index contributed by atoms with van der Waals surface area (Å²) in [5.74, 6) is 0.537. The lowest BCUT2D eigenvalue weighted by Gasteiger charge is -2.40. The van der Waals surface area contributed by atoms with Crippen LogP contribution in [0.1, 0.15) is 96.6 Å². The molecule has 3 fully saturated rings. The Kier molecular flexibility index (Phi) is 16.0. The molecule has 3 aliphatic heterocycles. The van der Waals surface area contributed by atoms with Crippen LogP contribution in [0.2, 0.25) is 0 Å². The van der Waals surface area contributed by atoms with Gasteiger partial charge in [-0.1, -0.05) is 39.0 Å². The number of carbonyl (C=O) groups excluding carboxylic acids is 3. The Balaban J connectivity index is 1.34. The van der Waals surface area contributed by atoms with Crippen molar-refractivity contribution >= 4 is 24.1 Å². The van der Waals surface area contributed by atoms with Crippen LogP contribution in [0.4, 0.5) is 4.79 Å². The Morgan fingerprint density at radius 2 is 1.80 bits per heavy atom. The first-order valence-corrected chi connectivity index (χ1v) is 18.1. The molecule has 3 aliphatic rings. The average Bonchev–Trinajstić information content (AvgIpc) is 3.52. The number of nitrogens with zero attached hydrogens (tertiary/aromatic N) is 1. The molecule has 4 heterocycles. The van der Waals surface area contributed by atoms with E-state index in [0.29, 0.717) is 56.3 Å². The van der Waals surface area contributed by atoms with Gasteiger partial charge in [0.1, 0.15) is 18.5 Å². The summed E-state index contributed by atoms with van der Waals surface area (Å²) in [5, 5.41) is 2.54. The van der Waals surface area contributed by atoms with Crippen LogP contribution in [0.3, 0.4) is 0 Å². The van der Waals surface area contributed by atoms with Crippen molar-refractivity contribution in [3.05, 3.63) is 48.2 Å². The summed E-state index contributed by atoms with van der Waals surface area (Å²) in [5.41, 5.74) is 0.735. The molecule has 12 nitrogen and oxygen atoms in total.